The lowest BCUT2D eigenvalue weighted by molar-refractivity contribution is 0.410. The summed E-state index contributed by atoms with van der Waals surface area (Å²) in [6, 6.07) is 6.46. The molecule has 2 aliphatic carbocycles. The predicted molar refractivity (Wildman–Crippen MR) is 66.6 cm³/mol. The summed E-state index contributed by atoms with van der Waals surface area (Å²) in [5.41, 5.74) is 6.16. The molecule has 1 aromatic rings. The van der Waals surface area contributed by atoms with Crippen LogP contribution in [-0.2, 0) is 6.42 Å². The van der Waals surface area contributed by atoms with Crippen molar-refractivity contribution in [3.8, 4) is 5.75 Å². The smallest absolute Gasteiger partial charge is 0.122 e. The highest BCUT2D eigenvalue weighted by Gasteiger charge is 2.28. The molecule has 0 radical (unpaired) electrons. The third-order valence-electron chi connectivity index (χ3n) is 3.99. The maximum absolute atomic E-state index is 5.46. The molecule has 0 saturated heterocycles. The van der Waals surface area contributed by atoms with Gasteiger partial charge in [0.15, 0.2) is 0 Å². The Bertz CT molecular complexity index is 457. The molecule has 84 valence electrons. The van der Waals surface area contributed by atoms with Gasteiger partial charge in [-0.15, -0.1) is 0 Å². The van der Waals surface area contributed by atoms with E-state index in [-0.39, 0.29) is 0 Å². The average molecular weight is 214 g/mol. The average Bonchev–Trinajstić information content (AvgIpc) is 2.67. The monoisotopic (exact) mass is 214 g/mol. The third-order valence-corrected chi connectivity index (χ3v) is 3.99. The number of fused-ring (bicyclic) bond motifs is 2. The number of hydrogen-bond donors (Lipinski definition) is 0. The fourth-order valence-electron chi connectivity index (χ4n) is 3.10. The van der Waals surface area contributed by atoms with E-state index in [1.54, 1.807) is 18.3 Å². The number of allylic oxidation sites excluding steroid dienone is 2. The van der Waals surface area contributed by atoms with Crippen LogP contribution in [0.3, 0.4) is 0 Å². The molecule has 0 heterocycles. The summed E-state index contributed by atoms with van der Waals surface area (Å²) in [5, 5.41) is 0. The molecule has 2 aliphatic rings. The topological polar surface area (TPSA) is 9.23 Å². The lowest BCUT2D eigenvalue weighted by Crippen LogP contribution is -2.03. The second-order valence-electron chi connectivity index (χ2n) is 5.09. The Labute approximate surface area is 97.1 Å². The van der Waals surface area contributed by atoms with Crippen LogP contribution in [-0.4, -0.2) is 7.11 Å². The van der Waals surface area contributed by atoms with Crippen molar-refractivity contribution in [3.05, 3.63) is 34.9 Å². The molecule has 0 aromatic heterocycles. The SMILES string of the molecule is COc1cccc2c1CC1=C2CC(C)CC1. The van der Waals surface area contributed by atoms with Crippen LogP contribution in [0.4, 0.5) is 0 Å². The van der Waals surface area contributed by atoms with Crippen LogP contribution in [0, 0.1) is 5.92 Å². The molecule has 0 amide bonds. The Morgan fingerprint density at radius 2 is 2.19 bits per heavy atom. The summed E-state index contributed by atoms with van der Waals surface area (Å²) in [4.78, 5) is 0. The maximum atomic E-state index is 5.46. The van der Waals surface area contributed by atoms with Gasteiger partial charge in [-0.05, 0) is 48.8 Å². The fraction of sp³-hybridized carbons (Fsp3) is 0.467. The number of hydrogen-bond acceptors (Lipinski definition) is 1. The number of benzene rings is 1. The van der Waals surface area contributed by atoms with Crippen LogP contribution in [0.25, 0.3) is 5.57 Å². The van der Waals surface area contributed by atoms with Gasteiger partial charge >= 0.3 is 0 Å². The van der Waals surface area contributed by atoms with Gasteiger partial charge in [0.1, 0.15) is 5.75 Å². The summed E-state index contributed by atoms with van der Waals surface area (Å²) in [5.74, 6) is 1.91. The van der Waals surface area contributed by atoms with Gasteiger partial charge in [-0.25, -0.2) is 0 Å². The van der Waals surface area contributed by atoms with E-state index in [0.717, 1.165) is 18.1 Å². The van der Waals surface area contributed by atoms with Gasteiger partial charge in [0, 0.05) is 5.56 Å². The standard InChI is InChI=1S/C15H18O/c1-10-6-7-11-9-14-12(13(11)8-10)4-3-5-15(14)16-2/h3-5,10H,6-9H2,1-2H3. The van der Waals surface area contributed by atoms with Crippen molar-refractivity contribution < 1.29 is 4.74 Å². The Balaban J connectivity index is 2.06. The highest BCUT2D eigenvalue weighted by atomic mass is 16.5. The van der Waals surface area contributed by atoms with Crippen LogP contribution >= 0.6 is 0 Å². The van der Waals surface area contributed by atoms with E-state index in [1.807, 2.05) is 0 Å². The van der Waals surface area contributed by atoms with Crippen LogP contribution < -0.4 is 4.74 Å². The second kappa shape index (κ2) is 3.65. The number of methoxy groups -OCH3 is 1. The van der Waals surface area contributed by atoms with Crippen molar-refractivity contribution >= 4 is 5.57 Å². The molecule has 0 fully saturated rings. The molecule has 0 spiro atoms. The van der Waals surface area contributed by atoms with Gasteiger partial charge in [0.2, 0.25) is 0 Å². The van der Waals surface area contributed by atoms with E-state index in [0.29, 0.717) is 0 Å². The summed E-state index contributed by atoms with van der Waals surface area (Å²) < 4.78 is 5.46. The molecule has 1 unspecified atom stereocenters. The minimum absolute atomic E-state index is 0.843. The van der Waals surface area contributed by atoms with Crippen molar-refractivity contribution in [1.29, 1.82) is 0 Å². The number of rotatable bonds is 1. The van der Waals surface area contributed by atoms with E-state index in [4.69, 9.17) is 4.74 Å². The first kappa shape index (κ1) is 9.95. The van der Waals surface area contributed by atoms with Gasteiger partial charge in [-0.3, -0.25) is 0 Å². The molecule has 0 saturated carbocycles. The molecule has 16 heavy (non-hydrogen) atoms. The quantitative estimate of drug-likeness (QED) is 0.690. The molecular weight excluding hydrogens is 196 g/mol. The number of ether oxygens (including phenoxy) is 1. The largest absolute Gasteiger partial charge is 0.496 e. The molecule has 1 heteroatoms. The first-order valence-electron chi connectivity index (χ1n) is 6.16. The second-order valence-corrected chi connectivity index (χ2v) is 5.09. The van der Waals surface area contributed by atoms with E-state index in [9.17, 15) is 0 Å². The lowest BCUT2D eigenvalue weighted by Gasteiger charge is -2.20. The van der Waals surface area contributed by atoms with Gasteiger partial charge in [0.25, 0.3) is 0 Å². The Hall–Kier alpha value is -1.24. The molecule has 3 rings (SSSR count). The first-order chi connectivity index (χ1) is 7.79. The summed E-state index contributed by atoms with van der Waals surface area (Å²) in [6.07, 6.45) is 5.03. The molecule has 0 bridgehead atoms. The molecule has 0 aliphatic heterocycles. The van der Waals surface area contributed by atoms with Crippen LogP contribution in [0.2, 0.25) is 0 Å². The minimum Gasteiger partial charge on any atom is -0.496 e. The zero-order valence-corrected chi connectivity index (χ0v) is 10.0. The highest BCUT2D eigenvalue weighted by Crippen LogP contribution is 2.45. The molecule has 1 aromatic carbocycles. The van der Waals surface area contributed by atoms with Crippen molar-refractivity contribution in [2.45, 2.75) is 32.6 Å². The lowest BCUT2D eigenvalue weighted by atomic mass is 9.85. The van der Waals surface area contributed by atoms with Crippen LogP contribution in [0.15, 0.2) is 23.8 Å². The van der Waals surface area contributed by atoms with Gasteiger partial charge in [-0.1, -0.05) is 24.6 Å². The first-order valence-corrected chi connectivity index (χ1v) is 6.16. The third kappa shape index (κ3) is 1.38. The van der Waals surface area contributed by atoms with Crippen molar-refractivity contribution in [2.75, 3.05) is 7.11 Å². The van der Waals surface area contributed by atoms with E-state index in [2.05, 4.69) is 25.1 Å². The zero-order chi connectivity index (χ0) is 11.1. The highest BCUT2D eigenvalue weighted by molar-refractivity contribution is 5.79. The summed E-state index contributed by atoms with van der Waals surface area (Å²) in [6.45, 7) is 2.36. The Morgan fingerprint density at radius 1 is 1.31 bits per heavy atom. The minimum atomic E-state index is 0.843. The van der Waals surface area contributed by atoms with Crippen molar-refractivity contribution in [1.82, 2.24) is 0 Å². The van der Waals surface area contributed by atoms with Crippen molar-refractivity contribution in [3.63, 3.8) is 0 Å². The van der Waals surface area contributed by atoms with Gasteiger partial charge in [-0.2, -0.15) is 0 Å². The van der Waals surface area contributed by atoms with E-state index >= 15 is 0 Å². The fourth-order valence-corrected chi connectivity index (χ4v) is 3.10. The molecule has 1 nitrogen and oxygen atoms in total. The van der Waals surface area contributed by atoms with Gasteiger partial charge in [0.05, 0.1) is 7.11 Å². The van der Waals surface area contributed by atoms with Crippen LogP contribution in [0.5, 0.6) is 5.75 Å². The molecular formula is C15H18O. The normalized spacial score (nSPS) is 23.0. The Kier molecular flexibility index (Phi) is 2.27. The molecule has 1 atom stereocenters. The summed E-state index contributed by atoms with van der Waals surface area (Å²) >= 11 is 0. The predicted octanol–water partition coefficient (Wildman–Crippen LogP) is 3.82. The Morgan fingerprint density at radius 3 is 3.00 bits per heavy atom. The van der Waals surface area contributed by atoms with E-state index < -0.39 is 0 Å². The summed E-state index contributed by atoms with van der Waals surface area (Å²) in [7, 11) is 1.77. The van der Waals surface area contributed by atoms with E-state index in [1.165, 1.54) is 30.4 Å². The molecule has 0 N–H and O–H groups in total. The van der Waals surface area contributed by atoms with Gasteiger partial charge < -0.3 is 4.74 Å². The van der Waals surface area contributed by atoms with Crippen LogP contribution in [0.1, 0.15) is 37.3 Å². The maximum Gasteiger partial charge on any atom is 0.122 e. The van der Waals surface area contributed by atoms with Crippen molar-refractivity contribution in [2.24, 2.45) is 5.92 Å². The zero-order valence-electron chi connectivity index (χ0n) is 10.0.